The Morgan fingerprint density at radius 2 is 1.88 bits per heavy atom. The summed E-state index contributed by atoms with van der Waals surface area (Å²) >= 11 is 6.42. The summed E-state index contributed by atoms with van der Waals surface area (Å²) in [7, 11) is 0. The number of alkyl halides is 1. The first-order valence-electron chi connectivity index (χ1n) is 7.71. The first-order chi connectivity index (χ1) is 11.3. The van der Waals surface area contributed by atoms with Crippen LogP contribution in [0.5, 0.6) is 5.75 Å². The number of hydrogen-bond donors (Lipinski definition) is 3. The van der Waals surface area contributed by atoms with Crippen LogP contribution in [-0.4, -0.2) is 43.9 Å². The summed E-state index contributed by atoms with van der Waals surface area (Å²) in [6.07, 6.45) is 4.50. The van der Waals surface area contributed by atoms with Gasteiger partial charge in [-0.1, -0.05) is 35.4 Å². The van der Waals surface area contributed by atoms with Gasteiger partial charge < -0.3 is 20.6 Å². The van der Waals surface area contributed by atoms with Gasteiger partial charge in [0.15, 0.2) is 0 Å². The summed E-state index contributed by atoms with van der Waals surface area (Å²) < 4.78 is 2.10. The summed E-state index contributed by atoms with van der Waals surface area (Å²) in [4.78, 5) is 10.6. The molecule has 0 aromatic heterocycles. The third-order valence-electron chi connectivity index (χ3n) is 4.33. The van der Waals surface area contributed by atoms with E-state index in [2.05, 4.69) is 27.9 Å². The van der Waals surface area contributed by atoms with Gasteiger partial charge in [-0.25, -0.2) is 4.79 Å². The number of carboxylic acids is 1. The Bertz CT molecular complexity index is 587. The van der Waals surface area contributed by atoms with Crippen LogP contribution in [0.25, 0.3) is 5.32 Å². The second-order valence-electron chi connectivity index (χ2n) is 5.95. The Morgan fingerprint density at radius 1 is 1.20 bits per heavy atom. The van der Waals surface area contributed by atoms with Gasteiger partial charge >= 0.3 is 23.0 Å². The van der Waals surface area contributed by atoms with Crippen LogP contribution >= 0.6 is 67.8 Å². The van der Waals surface area contributed by atoms with Gasteiger partial charge in [-0.3, -0.25) is 0 Å². The van der Waals surface area contributed by atoms with Crippen LogP contribution in [0.4, 0.5) is 0 Å². The van der Waals surface area contributed by atoms with Crippen molar-refractivity contribution in [3.63, 3.8) is 0 Å². The van der Waals surface area contributed by atoms with Gasteiger partial charge in [-0.2, -0.15) is 0 Å². The summed E-state index contributed by atoms with van der Waals surface area (Å²) in [6, 6.07) is 3.41. The number of phenols is 1. The van der Waals surface area contributed by atoms with Crippen molar-refractivity contribution in [2.24, 2.45) is 5.92 Å². The third kappa shape index (κ3) is 6.60. The minimum Gasteiger partial charge on any atom is -0.657 e. The summed E-state index contributed by atoms with van der Waals surface area (Å²) in [6.45, 7) is 0.974. The molecule has 3 rings (SSSR count). The van der Waals surface area contributed by atoms with Crippen molar-refractivity contribution in [3.8, 4) is 5.75 Å². The minimum absolute atomic E-state index is 0. The maximum Gasteiger partial charge on any atom is 1.00 e. The Labute approximate surface area is 199 Å². The van der Waals surface area contributed by atoms with Crippen LogP contribution in [-0.2, 0) is 17.1 Å². The van der Waals surface area contributed by atoms with Gasteiger partial charge in [0.1, 0.15) is 11.3 Å². The number of fused-ring (bicyclic) bond motifs is 1. The molecule has 0 spiro atoms. The number of rotatable bonds is 1. The second-order valence-corrected chi connectivity index (χ2v) is 9.96. The fourth-order valence-corrected chi connectivity index (χ4v) is 6.11. The third-order valence-corrected chi connectivity index (χ3v) is 7.32. The molecule has 144 valence electrons. The van der Waals surface area contributed by atoms with E-state index in [4.69, 9.17) is 5.11 Å². The van der Waals surface area contributed by atoms with Crippen molar-refractivity contribution in [2.45, 2.75) is 41.8 Å². The van der Waals surface area contributed by atoms with E-state index in [1.165, 1.54) is 25.3 Å². The monoisotopic (exact) mass is 733 g/mol. The van der Waals surface area contributed by atoms with Crippen molar-refractivity contribution < 1.29 is 37.2 Å². The summed E-state index contributed by atoms with van der Waals surface area (Å²) in [5, 5.41) is 32.2. The van der Waals surface area contributed by atoms with E-state index in [1.807, 2.05) is 45.2 Å². The molecule has 2 aliphatic rings. The number of aromatic hydroxyl groups is 1. The fourth-order valence-electron chi connectivity index (χ4n) is 3.12. The molecule has 1 aromatic rings. The number of halogens is 3. The van der Waals surface area contributed by atoms with E-state index in [9.17, 15) is 15.0 Å². The quantitative estimate of drug-likeness (QED) is 0.227. The molecule has 1 saturated heterocycles. The van der Waals surface area contributed by atoms with Crippen molar-refractivity contribution in [1.82, 2.24) is 0 Å². The first-order valence-corrected chi connectivity index (χ1v) is 11.1. The van der Waals surface area contributed by atoms with E-state index in [0.717, 1.165) is 20.5 Å². The molecule has 1 aromatic carbocycles. The smallest absolute Gasteiger partial charge is 0.657 e. The largest absolute Gasteiger partial charge is 1.00 e. The van der Waals surface area contributed by atoms with Crippen molar-refractivity contribution in [3.05, 3.63) is 30.2 Å². The van der Waals surface area contributed by atoms with Crippen LogP contribution in [0.1, 0.15) is 36.0 Å². The molecule has 4 unspecified atom stereocenters. The molecule has 1 heterocycles. The van der Waals surface area contributed by atoms with Crippen LogP contribution in [0, 0.1) is 13.1 Å². The average molecular weight is 734 g/mol. The van der Waals surface area contributed by atoms with Gasteiger partial charge in [0.25, 0.3) is 0 Å². The van der Waals surface area contributed by atoms with Crippen molar-refractivity contribution in [2.75, 3.05) is 6.54 Å². The molecule has 0 amide bonds. The molecule has 4 atom stereocenters. The fraction of sp³-hybridized carbons (Fsp3) is 0.562. The predicted molar refractivity (Wildman–Crippen MR) is 118 cm³/mol. The van der Waals surface area contributed by atoms with Crippen LogP contribution in [0.2, 0.25) is 0 Å². The topological polar surface area (TPSA) is 91.9 Å². The maximum absolute atomic E-state index is 10.6. The van der Waals surface area contributed by atoms with Crippen LogP contribution < -0.4 is 0 Å². The zero-order valence-electron chi connectivity index (χ0n) is 13.1. The van der Waals surface area contributed by atoms with Gasteiger partial charge in [0.2, 0.25) is 0 Å². The number of carboxylic acid groups (broad SMARTS) is 1. The molecule has 1 saturated carbocycles. The minimum atomic E-state index is -1.11. The number of aromatic carboxylic acids is 1. The predicted octanol–water partition coefficient (Wildman–Crippen LogP) is 4.39. The molecule has 2 fully saturated rings. The molecule has 25 heavy (non-hydrogen) atoms. The van der Waals surface area contributed by atoms with Crippen molar-refractivity contribution in [1.29, 1.82) is 0 Å². The first kappa shape index (κ1) is 24.2. The number of piperidine rings is 1. The van der Waals surface area contributed by atoms with Gasteiger partial charge in [0, 0.05) is 13.6 Å². The average Bonchev–Trinajstić information content (AvgIpc) is 2.55. The number of aliphatic hydroxyl groups is 1. The number of aliphatic hydroxyl groups excluding tert-OH is 1. The summed E-state index contributed by atoms with van der Waals surface area (Å²) in [5.74, 6) is -0.601. The summed E-state index contributed by atoms with van der Waals surface area (Å²) in [5.41, 5.74) is -0.0497. The maximum atomic E-state index is 10.6. The molecular weight excluding hydrogens is 714 g/mol. The van der Waals surface area contributed by atoms with Gasteiger partial charge in [-0.05, 0) is 76.1 Å². The Hall–Kier alpha value is 1.12. The normalized spacial score (nSPS) is 28.0. The zero-order chi connectivity index (χ0) is 17.9. The zero-order valence-corrected chi connectivity index (χ0v) is 20.5. The van der Waals surface area contributed by atoms with Crippen LogP contribution in [0.15, 0.2) is 12.1 Å². The molecule has 5 nitrogen and oxygen atoms in total. The molecule has 0 radical (unpaired) electrons. The van der Waals surface area contributed by atoms with Crippen molar-refractivity contribution >= 4 is 73.7 Å². The molecule has 1 aliphatic heterocycles. The van der Waals surface area contributed by atoms with Crippen LogP contribution in [0.3, 0.4) is 0 Å². The van der Waals surface area contributed by atoms with E-state index in [1.54, 1.807) is 6.07 Å². The standard InChI is InChI=1S/C9H15INO.C7H4I2O3.Cu/c10-7-3-4-8(12)9-6(7)2-1-5-11-9;8-3-1-4(7(11)12)6(10)5(9)2-3;/h6-9,12H,1-5H2;1-2,10H,(H,11,12);/q-1;;+1. The molecule has 9 heteroatoms. The number of nitrogens with zero attached hydrogens (tertiary/aromatic N) is 1. The van der Waals surface area contributed by atoms with Gasteiger partial charge in [0.05, 0.1) is 3.57 Å². The van der Waals surface area contributed by atoms with E-state index >= 15 is 0 Å². The number of carbonyl (C=O) groups is 1. The Balaban J connectivity index is 0.000000240. The SMILES string of the molecule is O=C(O)c1cc(I)cc(I)c1O.OC1CCC(I)C2CCC[N-]C12.[Cu+]. The molecule has 1 aliphatic carbocycles. The van der Waals surface area contributed by atoms with E-state index in [0.29, 0.717) is 9.49 Å². The Morgan fingerprint density at radius 3 is 2.48 bits per heavy atom. The van der Waals surface area contributed by atoms with E-state index < -0.39 is 5.97 Å². The molecular formula is C16H19CuI3NO4. The van der Waals surface area contributed by atoms with E-state index in [-0.39, 0.29) is 40.5 Å². The number of hydrogen-bond acceptors (Lipinski definition) is 3. The number of benzene rings is 1. The van der Waals surface area contributed by atoms with Gasteiger partial charge in [-0.15, -0.1) is 12.6 Å². The second kappa shape index (κ2) is 11.2. The molecule has 3 N–H and O–H groups in total. The Kier molecular flexibility index (Phi) is 10.8. The molecule has 0 bridgehead atoms.